The van der Waals surface area contributed by atoms with Crippen LogP contribution in [-0.4, -0.2) is 34.3 Å². The molecule has 0 radical (unpaired) electrons. The van der Waals surface area contributed by atoms with E-state index in [0.29, 0.717) is 22.1 Å². The lowest BCUT2D eigenvalue weighted by molar-refractivity contribution is 0.230. The van der Waals surface area contributed by atoms with Gasteiger partial charge in [0.05, 0.1) is 19.4 Å². The first-order valence-electron chi connectivity index (χ1n) is 6.54. The maximum absolute atomic E-state index is 5.67. The number of methoxy groups -OCH3 is 1. The van der Waals surface area contributed by atoms with E-state index in [1.54, 1.807) is 18.0 Å². The van der Waals surface area contributed by atoms with Crippen molar-refractivity contribution in [1.29, 1.82) is 0 Å². The van der Waals surface area contributed by atoms with Gasteiger partial charge in [0, 0.05) is 0 Å². The van der Waals surface area contributed by atoms with Crippen molar-refractivity contribution in [3.05, 3.63) is 34.4 Å². The highest BCUT2D eigenvalue weighted by Gasteiger charge is 2.07. The second-order valence-electron chi connectivity index (χ2n) is 4.71. The largest absolute Gasteiger partial charge is 0.493 e. The predicted molar refractivity (Wildman–Crippen MR) is 83.9 cm³/mol. The Morgan fingerprint density at radius 2 is 2.14 bits per heavy atom. The molecule has 2 rings (SSSR count). The van der Waals surface area contributed by atoms with E-state index < -0.39 is 0 Å². The number of aromatic nitrogens is 3. The number of aryl methyl sites for hydroxylation is 1. The summed E-state index contributed by atoms with van der Waals surface area (Å²) in [6.45, 7) is 5.76. The average molecular weight is 306 g/mol. The van der Waals surface area contributed by atoms with Crippen LogP contribution in [-0.2, 0) is 0 Å². The lowest BCUT2D eigenvalue weighted by atomic mass is 10.2. The van der Waals surface area contributed by atoms with Crippen molar-refractivity contribution in [3.63, 3.8) is 0 Å². The van der Waals surface area contributed by atoms with Gasteiger partial charge in [-0.1, -0.05) is 0 Å². The molecule has 2 aromatic rings. The molecule has 6 nitrogen and oxygen atoms in total. The van der Waals surface area contributed by atoms with Gasteiger partial charge in [-0.3, -0.25) is 5.10 Å². The van der Waals surface area contributed by atoms with Crippen molar-refractivity contribution in [2.45, 2.75) is 26.9 Å². The van der Waals surface area contributed by atoms with Gasteiger partial charge in [-0.05, 0) is 56.8 Å². The molecule has 0 unspecified atom stereocenters. The van der Waals surface area contributed by atoms with Crippen molar-refractivity contribution < 1.29 is 9.47 Å². The quantitative estimate of drug-likeness (QED) is 0.681. The zero-order valence-electron chi connectivity index (χ0n) is 12.5. The van der Waals surface area contributed by atoms with Crippen molar-refractivity contribution in [2.75, 3.05) is 7.11 Å². The SMILES string of the molecule is COc1cc(/C=N/n2c(C)n[nH]c2=S)ccc1OC(C)C. The minimum atomic E-state index is 0.0883. The van der Waals surface area contributed by atoms with E-state index in [0.717, 1.165) is 5.56 Å². The van der Waals surface area contributed by atoms with Gasteiger partial charge in [0.1, 0.15) is 5.82 Å². The van der Waals surface area contributed by atoms with Crippen molar-refractivity contribution in [1.82, 2.24) is 14.9 Å². The molecule has 21 heavy (non-hydrogen) atoms. The number of nitrogens with zero attached hydrogens (tertiary/aromatic N) is 3. The van der Waals surface area contributed by atoms with Gasteiger partial charge >= 0.3 is 0 Å². The van der Waals surface area contributed by atoms with Gasteiger partial charge in [0.25, 0.3) is 0 Å². The van der Waals surface area contributed by atoms with Crippen molar-refractivity contribution >= 4 is 18.4 Å². The van der Waals surface area contributed by atoms with Crippen LogP contribution < -0.4 is 9.47 Å². The molecule has 0 spiro atoms. The molecule has 112 valence electrons. The molecule has 1 N–H and O–H groups in total. The molecular weight excluding hydrogens is 288 g/mol. The summed E-state index contributed by atoms with van der Waals surface area (Å²) in [7, 11) is 1.61. The second kappa shape index (κ2) is 6.53. The normalized spacial score (nSPS) is 11.3. The molecule has 1 aromatic carbocycles. The Morgan fingerprint density at radius 1 is 1.38 bits per heavy atom. The minimum Gasteiger partial charge on any atom is -0.493 e. The zero-order chi connectivity index (χ0) is 15.4. The third-order valence-electron chi connectivity index (χ3n) is 2.68. The molecule has 0 saturated carbocycles. The standard InChI is InChI=1S/C14H18N4O2S/c1-9(2)20-12-6-5-11(7-13(12)19-4)8-15-18-10(3)16-17-14(18)21/h5-9H,1-4H3,(H,17,21)/b15-8+. The summed E-state index contributed by atoms with van der Waals surface area (Å²) in [5.41, 5.74) is 0.880. The third kappa shape index (κ3) is 3.69. The number of H-pyrrole nitrogens is 1. The molecule has 0 atom stereocenters. The summed E-state index contributed by atoms with van der Waals surface area (Å²) >= 11 is 5.09. The highest BCUT2D eigenvalue weighted by Crippen LogP contribution is 2.28. The van der Waals surface area contributed by atoms with E-state index in [1.807, 2.05) is 39.0 Å². The van der Waals surface area contributed by atoms with Crippen LogP contribution in [0.3, 0.4) is 0 Å². The van der Waals surface area contributed by atoms with Crippen LogP contribution in [0.2, 0.25) is 0 Å². The van der Waals surface area contributed by atoms with Crippen LogP contribution in [0.5, 0.6) is 11.5 Å². The van der Waals surface area contributed by atoms with Crippen LogP contribution in [0.15, 0.2) is 23.3 Å². The lowest BCUT2D eigenvalue weighted by Gasteiger charge is -2.13. The summed E-state index contributed by atoms with van der Waals surface area (Å²) in [6.07, 6.45) is 1.78. The second-order valence-corrected chi connectivity index (χ2v) is 5.10. The Hall–Kier alpha value is -2.15. The summed E-state index contributed by atoms with van der Waals surface area (Å²) in [5, 5.41) is 11.0. The van der Waals surface area contributed by atoms with E-state index in [-0.39, 0.29) is 6.10 Å². The number of aromatic amines is 1. The third-order valence-corrected chi connectivity index (χ3v) is 2.95. The van der Waals surface area contributed by atoms with E-state index in [4.69, 9.17) is 21.7 Å². The summed E-state index contributed by atoms with van der Waals surface area (Å²) < 4.78 is 13.0. The minimum absolute atomic E-state index is 0.0883. The highest BCUT2D eigenvalue weighted by molar-refractivity contribution is 7.71. The summed E-state index contributed by atoms with van der Waals surface area (Å²) in [5.74, 6) is 2.07. The molecule has 0 fully saturated rings. The Kier molecular flexibility index (Phi) is 4.74. The average Bonchev–Trinajstić information content (AvgIpc) is 2.76. The van der Waals surface area contributed by atoms with Gasteiger partial charge in [-0.25, -0.2) is 0 Å². The molecule has 7 heteroatoms. The van der Waals surface area contributed by atoms with Crippen molar-refractivity contribution in [2.24, 2.45) is 5.10 Å². The number of ether oxygens (including phenoxy) is 2. The fraction of sp³-hybridized carbons (Fsp3) is 0.357. The first-order valence-corrected chi connectivity index (χ1v) is 6.95. The van der Waals surface area contributed by atoms with Crippen LogP contribution >= 0.6 is 12.2 Å². The molecule has 0 amide bonds. The smallest absolute Gasteiger partial charge is 0.216 e. The molecule has 0 saturated heterocycles. The van der Waals surface area contributed by atoms with Crippen molar-refractivity contribution in [3.8, 4) is 11.5 Å². The van der Waals surface area contributed by atoms with Crippen LogP contribution in [0.4, 0.5) is 0 Å². The number of hydrogen-bond acceptors (Lipinski definition) is 5. The molecule has 0 bridgehead atoms. The maximum Gasteiger partial charge on any atom is 0.216 e. The Bertz CT molecular complexity index is 703. The monoisotopic (exact) mass is 306 g/mol. The molecule has 0 aliphatic carbocycles. The fourth-order valence-corrected chi connectivity index (χ4v) is 1.97. The Morgan fingerprint density at radius 3 is 2.71 bits per heavy atom. The Balaban J connectivity index is 2.27. The number of hydrogen-bond donors (Lipinski definition) is 1. The Labute approximate surface area is 128 Å². The molecule has 0 aliphatic heterocycles. The van der Waals surface area contributed by atoms with Gasteiger partial charge in [0.2, 0.25) is 4.77 Å². The first-order chi connectivity index (χ1) is 10.0. The topological polar surface area (TPSA) is 64.4 Å². The molecular formula is C14H18N4O2S. The van der Waals surface area contributed by atoms with Gasteiger partial charge in [-0.15, -0.1) is 0 Å². The lowest BCUT2D eigenvalue weighted by Crippen LogP contribution is -2.06. The van der Waals surface area contributed by atoms with Gasteiger partial charge < -0.3 is 9.47 Å². The molecule has 1 aromatic heterocycles. The zero-order valence-corrected chi connectivity index (χ0v) is 13.3. The van der Waals surface area contributed by atoms with E-state index in [1.165, 1.54) is 0 Å². The van der Waals surface area contributed by atoms with Gasteiger partial charge in [-0.2, -0.15) is 14.9 Å². The molecule has 1 heterocycles. The molecule has 0 aliphatic rings. The number of rotatable bonds is 5. The fourth-order valence-electron chi connectivity index (χ4n) is 1.75. The maximum atomic E-state index is 5.67. The highest BCUT2D eigenvalue weighted by atomic mass is 32.1. The number of nitrogens with one attached hydrogen (secondary N) is 1. The first kappa shape index (κ1) is 15.2. The summed E-state index contributed by atoms with van der Waals surface area (Å²) in [6, 6.07) is 5.63. The van der Waals surface area contributed by atoms with E-state index in [9.17, 15) is 0 Å². The predicted octanol–water partition coefficient (Wildman–Crippen LogP) is 2.93. The van der Waals surface area contributed by atoms with Crippen LogP contribution in [0.1, 0.15) is 25.2 Å². The number of benzene rings is 1. The summed E-state index contributed by atoms with van der Waals surface area (Å²) in [4.78, 5) is 0. The van der Waals surface area contributed by atoms with E-state index >= 15 is 0 Å². The van der Waals surface area contributed by atoms with Crippen LogP contribution in [0.25, 0.3) is 0 Å². The van der Waals surface area contributed by atoms with Crippen LogP contribution in [0, 0.1) is 11.7 Å². The van der Waals surface area contributed by atoms with Gasteiger partial charge in [0.15, 0.2) is 11.5 Å². The van der Waals surface area contributed by atoms with E-state index in [2.05, 4.69) is 15.3 Å².